The summed E-state index contributed by atoms with van der Waals surface area (Å²) in [5.41, 5.74) is 4.91. The first-order valence-corrected chi connectivity index (χ1v) is 7.10. The molecule has 0 aliphatic heterocycles. The van der Waals surface area contributed by atoms with Crippen molar-refractivity contribution >= 4 is 21.9 Å². The van der Waals surface area contributed by atoms with Crippen LogP contribution in [0, 0.1) is 0 Å². The molecule has 1 rings (SSSR count). The van der Waals surface area contributed by atoms with Gasteiger partial charge in [0.25, 0.3) is 0 Å². The number of hydrogen-bond donors (Lipinski definition) is 5. The molecule has 2 unspecified atom stereocenters. The quantitative estimate of drug-likeness (QED) is 0.385. The molecule has 6 N–H and O–H groups in total. The maximum absolute atomic E-state index is 11.7. The van der Waals surface area contributed by atoms with E-state index in [2.05, 4.69) is 0 Å². The van der Waals surface area contributed by atoms with Crippen molar-refractivity contribution in [3.63, 3.8) is 0 Å². The Morgan fingerprint density at radius 1 is 1.19 bits per heavy atom. The van der Waals surface area contributed by atoms with Crippen LogP contribution in [-0.2, 0) is 19.6 Å². The van der Waals surface area contributed by atoms with Gasteiger partial charge in [0.2, 0.25) is 15.9 Å². The van der Waals surface area contributed by atoms with Gasteiger partial charge in [-0.15, -0.1) is 0 Å². The molecule has 1 aromatic carbocycles. The number of nitrogens with one attached hydrogen (secondary N) is 1. The lowest BCUT2D eigenvalue weighted by atomic mass is 10.0. The Bertz CT molecular complexity index is 626. The Balaban J connectivity index is 2.92. The molecule has 2 atom stereocenters. The van der Waals surface area contributed by atoms with E-state index >= 15 is 0 Å². The number of carboxylic acids is 1. The first-order chi connectivity index (χ1) is 9.65. The Morgan fingerprint density at radius 3 is 2.14 bits per heavy atom. The molecule has 0 aliphatic rings. The van der Waals surface area contributed by atoms with E-state index in [0.29, 0.717) is 0 Å². The zero-order chi connectivity index (χ0) is 16.2. The summed E-state index contributed by atoms with van der Waals surface area (Å²) in [5.74, 6) is -2.46. The number of sulfonamides is 1. The molecular weight excluding hydrogens is 304 g/mol. The van der Waals surface area contributed by atoms with Crippen LogP contribution in [0.3, 0.4) is 0 Å². The number of carbonyl (C=O) groups is 2. The van der Waals surface area contributed by atoms with Gasteiger partial charge in [0.1, 0.15) is 12.6 Å². The highest BCUT2D eigenvalue weighted by molar-refractivity contribution is 7.89. The number of carboxylic acid groups (broad SMARTS) is 1. The van der Waals surface area contributed by atoms with E-state index in [4.69, 9.17) is 10.8 Å². The Hall–Kier alpha value is -2.01. The highest BCUT2D eigenvalue weighted by Gasteiger charge is 2.24. The van der Waals surface area contributed by atoms with Gasteiger partial charge in [0.05, 0.1) is 4.90 Å². The second kappa shape index (κ2) is 6.63. The van der Waals surface area contributed by atoms with Crippen LogP contribution in [-0.4, -0.2) is 48.3 Å². The molecule has 0 radical (unpaired) electrons. The number of amides is 1. The standard InChI is InChI=1S/C11H14N2O7S/c12-11(18)10(17)9(16)6-1-3-7(4-2-6)21(19,20)13-5-8(14)15/h1-4,9-10,13,16-17H,5H2,(H2,12,18)(H,14,15). The molecule has 1 amide bonds. The van der Waals surface area contributed by atoms with Crippen LogP contribution >= 0.6 is 0 Å². The topological polar surface area (TPSA) is 167 Å². The number of benzene rings is 1. The minimum atomic E-state index is -4.00. The van der Waals surface area contributed by atoms with Crippen molar-refractivity contribution in [1.29, 1.82) is 0 Å². The summed E-state index contributed by atoms with van der Waals surface area (Å²) in [5, 5.41) is 27.4. The average Bonchev–Trinajstić information content (AvgIpc) is 2.43. The number of carbonyl (C=O) groups excluding carboxylic acids is 1. The molecule has 0 spiro atoms. The Morgan fingerprint density at radius 2 is 1.71 bits per heavy atom. The molecule has 0 aromatic heterocycles. The lowest BCUT2D eigenvalue weighted by Gasteiger charge is -2.15. The molecule has 1 aromatic rings. The fourth-order valence-electron chi connectivity index (χ4n) is 1.42. The lowest BCUT2D eigenvalue weighted by Crippen LogP contribution is -2.34. The summed E-state index contributed by atoms with van der Waals surface area (Å²) in [7, 11) is -4.00. The van der Waals surface area contributed by atoms with Crippen molar-refractivity contribution < 1.29 is 33.3 Å². The van der Waals surface area contributed by atoms with Gasteiger partial charge >= 0.3 is 5.97 Å². The highest BCUT2D eigenvalue weighted by Crippen LogP contribution is 2.19. The van der Waals surface area contributed by atoms with Gasteiger partial charge in [-0.25, -0.2) is 8.42 Å². The van der Waals surface area contributed by atoms with E-state index in [-0.39, 0.29) is 10.5 Å². The van der Waals surface area contributed by atoms with E-state index in [1.165, 1.54) is 12.1 Å². The predicted molar refractivity (Wildman–Crippen MR) is 69.4 cm³/mol. The first kappa shape index (κ1) is 17.0. The smallest absolute Gasteiger partial charge is 0.318 e. The molecule has 0 aliphatic carbocycles. The molecule has 0 heterocycles. The normalized spacial score (nSPS) is 14.4. The van der Waals surface area contributed by atoms with Crippen LogP contribution in [0.25, 0.3) is 0 Å². The molecular formula is C11H14N2O7S. The molecule has 0 bridgehead atoms. The molecule has 0 saturated heterocycles. The van der Waals surface area contributed by atoms with Gasteiger partial charge in [-0.1, -0.05) is 12.1 Å². The SMILES string of the molecule is NC(=O)C(O)C(O)c1ccc(S(=O)(=O)NCC(=O)O)cc1. The Labute approximate surface area is 120 Å². The number of aliphatic carboxylic acids is 1. The maximum atomic E-state index is 11.7. The molecule has 0 fully saturated rings. The van der Waals surface area contributed by atoms with Crippen LogP contribution < -0.4 is 10.5 Å². The highest BCUT2D eigenvalue weighted by atomic mass is 32.2. The van der Waals surface area contributed by atoms with E-state index in [9.17, 15) is 28.2 Å². The number of hydrogen-bond acceptors (Lipinski definition) is 6. The molecule has 116 valence electrons. The molecule has 21 heavy (non-hydrogen) atoms. The van der Waals surface area contributed by atoms with E-state index in [0.717, 1.165) is 12.1 Å². The van der Waals surface area contributed by atoms with Crippen molar-refractivity contribution in [3.8, 4) is 0 Å². The van der Waals surface area contributed by atoms with Crippen LogP contribution in [0.1, 0.15) is 11.7 Å². The van der Waals surface area contributed by atoms with Crippen molar-refractivity contribution in [2.75, 3.05) is 6.54 Å². The minimum Gasteiger partial charge on any atom is -0.480 e. The van der Waals surface area contributed by atoms with Crippen molar-refractivity contribution in [1.82, 2.24) is 4.72 Å². The van der Waals surface area contributed by atoms with Gasteiger partial charge in [-0.3, -0.25) is 9.59 Å². The molecule has 10 heteroatoms. The maximum Gasteiger partial charge on any atom is 0.318 e. The summed E-state index contributed by atoms with van der Waals surface area (Å²) in [6.07, 6.45) is -3.41. The van der Waals surface area contributed by atoms with E-state index in [1.807, 2.05) is 4.72 Å². The Kier molecular flexibility index (Phi) is 5.38. The number of aliphatic hydroxyl groups excluding tert-OH is 2. The zero-order valence-corrected chi connectivity index (χ0v) is 11.4. The zero-order valence-electron chi connectivity index (χ0n) is 10.6. The van der Waals surface area contributed by atoms with Gasteiger partial charge in [-0.05, 0) is 17.7 Å². The van der Waals surface area contributed by atoms with Gasteiger partial charge in [0, 0.05) is 0 Å². The van der Waals surface area contributed by atoms with Gasteiger partial charge < -0.3 is 21.1 Å². The summed E-state index contributed by atoms with van der Waals surface area (Å²) in [6, 6.07) is 4.53. The second-order valence-corrected chi connectivity index (χ2v) is 5.85. The van der Waals surface area contributed by atoms with Gasteiger partial charge in [-0.2, -0.15) is 4.72 Å². The van der Waals surface area contributed by atoms with Crippen molar-refractivity contribution in [2.24, 2.45) is 5.73 Å². The summed E-state index contributed by atoms with van der Waals surface area (Å²) in [6.45, 7) is -0.771. The second-order valence-electron chi connectivity index (χ2n) is 4.08. The van der Waals surface area contributed by atoms with Crippen LogP contribution in [0.5, 0.6) is 0 Å². The number of rotatable bonds is 7. The molecule has 0 saturated carbocycles. The predicted octanol–water partition coefficient (Wildman–Crippen LogP) is -2.07. The average molecular weight is 318 g/mol. The van der Waals surface area contributed by atoms with E-state index in [1.54, 1.807) is 0 Å². The lowest BCUT2D eigenvalue weighted by molar-refractivity contribution is -0.135. The number of aliphatic hydroxyl groups is 2. The van der Waals surface area contributed by atoms with Crippen molar-refractivity contribution in [2.45, 2.75) is 17.1 Å². The van der Waals surface area contributed by atoms with Crippen LogP contribution in [0.4, 0.5) is 0 Å². The van der Waals surface area contributed by atoms with Crippen molar-refractivity contribution in [3.05, 3.63) is 29.8 Å². The third kappa shape index (κ3) is 4.49. The van der Waals surface area contributed by atoms with E-state index < -0.39 is 40.7 Å². The fraction of sp³-hybridized carbons (Fsp3) is 0.273. The van der Waals surface area contributed by atoms with Crippen LogP contribution in [0.2, 0.25) is 0 Å². The summed E-state index contributed by atoms with van der Waals surface area (Å²) < 4.78 is 25.2. The number of nitrogens with two attached hydrogens (primary N) is 1. The summed E-state index contributed by atoms with van der Waals surface area (Å²) in [4.78, 5) is 20.8. The third-order valence-corrected chi connectivity index (χ3v) is 3.95. The van der Waals surface area contributed by atoms with Gasteiger partial charge in [0.15, 0.2) is 6.10 Å². The first-order valence-electron chi connectivity index (χ1n) is 5.62. The summed E-state index contributed by atoms with van der Waals surface area (Å²) >= 11 is 0. The van der Waals surface area contributed by atoms with Crippen LogP contribution in [0.15, 0.2) is 29.2 Å². The number of primary amides is 1. The largest absolute Gasteiger partial charge is 0.480 e. The third-order valence-electron chi connectivity index (χ3n) is 2.54. The minimum absolute atomic E-state index is 0.0819. The molecule has 9 nitrogen and oxygen atoms in total. The monoisotopic (exact) mass is 318 g/mol. The fourth-order valence-corrected chi connectivity index (χ4v) is 2.40.